The van der Waals surface area contributed by atoms with E-state index in [0.717, 1.165) is 25.3 Å². The van der Waals surface area contributed by atoms with E-state index in [2.05, 4.69) is 103 Å². The van der Waals surface area contributed by atoms with Gasteiger partial charge in [-0.1, -0.05) is 76.2 Å². The van der Waals surface area contributed by atoms with Gasteiger partial charge in [-0.25, -0.2) is 4.85 Å². The van der Waals surface area contributed by atoms with Crippen LogP contribution in [0, 0.1) is 6.57 Å². The van der Waals surface area contributed by atoms with Crippen molar-refractivity contribution >= 4 is 5.69 Å². The highest BCUT2D eigenvalue weighted by Crippen LogP contribution is 2.14. The average Bonchev–Trinajstić information content (AvgIpc) is 3.03. The predicted octanol–water partition coefficient (Wildman–Crippen LogP) is 8.05. The lowest BCUT2D eigenvalue weighted by molar-refractivity contribution is 0.255. The minimum atomic E-state index is 0.627. The quantitative estimate of drug-likeness (QED) is 0.102. The molecule has 248 valence electrons. The largest absolute Gasteiger partial charge is 0.326 e. The van der Waals surface area contributed by atoms with Crippen molar-refractivity contribution in [2.75, 3.05) is 66.5 Å². The Morgan fingerprint density at radius 2 is 0.864 bits per heavy atom. The molecule has 0 heterocycles. The van der Waals surface area contributed by atoms with E-state index in [4.69, 9.17) is 12.3 Å². The molecule has 0 fully saturated rings. The molecule has 6 nitrogen and oxygen atoms in total. The third-order valence-corrected chi connectivity index (χ3v) is 7.92. The highest BCUT2D eigenvalue weighted by atomic mass is 15.1. The van der Waals surface area contributed by atoms with Crippen LogP contribution in [0.3, 0.4) is 0 Å². The van der Waals surface area contributed by atoms with Gasteiger partial charge in [0.25, 0.3) is 0 Å². The Bertz CT molecular complexity index is 956. The van der Waals surface area contributed by atoms with Crippen molar-refractivity contribution in [3.05, 3.63) is 76.6 Å². The summed E-state index contributed by atoms with van der Waals surface area (Å²) in [5, 5.41) is 0. The van der Waals surface area contributed by atoms with Gasteiger partial charge in [0.05, 0.1) is 6.57 Å². The SMILES string of the molecule is CCCN(CCC)CCCCN(C)Cc1ccc(CN)cc1.[C-]#[N+]c1ccc(CN(C)CCCCN(CCC)CCC)cc1. The Morgan fingerprint density at radius 1 is 0.523 bits per heavy atom. The molecule has 0 radical (unpaired) electrons. The van der Waals surface area contributed by atoms with Crippen LogP contribution in [0.5, 0.6) is 0 Å². The number of hydrogen-bond donors (Lipinski definition) is 1. The summed E-state index contributed by atoms with van der Waals surface area (Å²) in [6.45, 7) is 28.4. The molecular formula is C38H66N6. The van der Waals surface area contributed by atoms with Crippen LogP contribution in [-0.4, -0.2) is 86.1 Å². The van der Waals surface area contributed by atoms with Crippen molar-refractivity contribution < 1.29 is 0 Å². The van der Waals surface area contributed by atoms with Crippen molar-refractivity contribution in [1.82, 2.24) is 19.6 Å². The first-order valence-corrected chi connectivity index (χ1v) is 17.4. The van der Waals surface area contributed by atoms with Crippen LogP contribution in [0.25, 0.3) is 4.85 Å². The van der Waals surface area contributed by atoms with Crippen LogP contribution in [0.15, 0.2) is 48.5 Å². The maximum absolute atomic E-state index is 6.97. The van der Waals surface area contributed by atoms with E-state index in [-0.39, 0.29) is 0 Å². The molecule has 2 N–H and O–H groups in total. The van der Waals surface area contributed by atoms with Crippen LogP contribution in [0.4, 0.5) is 5.69 Å². The summed E-state index contributed by atoms with van der Waals surface area (Å²) in [5.41, 5.74) is 10.2. The van der Waals surface area contributed by atoms with Crippen molar-refractivity contribution in [1.29, 1.82) is 0 Å². The average molecular weight is 607 g/mol. The molecule has 0 unspecified atom stereocenters. The molecule has 44 heavy (non-hydrogen) atoms. The zero-order chi connectivity index (χ0) is 32.4. The molecule has 0 spiro atoms. The second kappa shape index (κ2) is 26.0. The number of unbranched alkanes of at least 4 members (excludes halogenated alkanes) is 2. The zero-order valence-corrected chi connectivity index (χ0v) is 29.4. The molecule has 0 saturated carbocycles. The third-order valence-electron chi connectivity index (χ3n) is 7.92. The monoisotopic (exact) mass is 607 g/mol. The number of nitrogens with two attached hydrogens (primary N) is 1. The van der Waals surface area contributed by atoms with Gasteiger partial charge in [-0.15, -0.1) is 0 Å². The zero-order valence-electron chi connectivity index (χ0n) is 29.4. The van der Waals surface area contributed by atoms with Crippen molar-refractivity contribution in [3.63, 3.8) is 0 Å². The molecule has 6 heteroatoms. The van der Waals surface area contributed by atoms with Gasteiger partial charge in [0.15, 0.2) is 5.69 Å². The van der Waals surface area contributed by atoms with Crippen LogP contribution in [0.1, 0.15) is 95.8 Å². The molecule has 2 aromatic rings. The van der Waals surface area contributed by atoms with Gasteiger partial charge in [-0.05, 0) is 135 Å². The summed E-state index contributed by atoms with van der Waals surface area (Å²) in [6.07, 6.45) is 10.1. The fraction of sp³-hybridized carbons (Fsp3) is 0.658. The van der Waals surface area contributed by atoms with Crippen LogP contribution >= 0.6 is 0 Å². The topological polar surface area (TPSA) is 43.3 Å². The maximum atomic E-state index is 6.97. The van der Waals surface area contributed by atoms with E-state index in [1.165, 1.54) is 114 Å². The lowest BCUT2D eigenvalue weighted by atomic mass is 10.1. The third kappa shape index (κ3) is 19.2. The first-order chi connectivity index (χ1) is 21.4. The number of nitrogens with zero attached hydrogens (tertiary/aromatic N) is 5. The number of benzene rings is 2. The number of rotatable bonds is 23. The molecular weight excluding hydrogens is 540 g/mol. The molecule has 0 aromatic heterocycles. The summed E-state index contributed by atoms with van der Waals surface area (Å²) in [5.74, 6) is 0. The van der Waals surface area contributed by atoms with Gasteiger partial charge in [-0.2, -0.15) is 0 Å². The first-order valence-electron chi connectivity index (χ1n) is 17.4. The molecule has 0 atom stereocenters. The van der Waals surface area contributed by atoms with Crippen molar-refractivity contribution in [2.45, 2.75) is 98.7 Å². The van der Waals surface area contributed by atoms with Gasteiger partial charge in [0, 0.05) is 19.6 Å². The summed E-state index contributed by atoms with van der Waals surface area (Å²) in [4.78, 5) is 13.4. The Kier molecular flexibility index (Phi) is 23.5. The Hall–Kier alpha value is -2.27. The number of hydrogen-bond acceptors (Lipinski definition) is 5. The molecule has 0 saturated heterocycles. The van der Waals surface area contributed by atoms with Gasteiger partial charge in [0.1, 0.15) is 0 Å². The first kappa shape index (κ1) is 39.8. The van der Waals surface area contributed by atoms with Crippen LogP contribution in [0.2, 0.25) is 0 Å². The molecule has 0 aliphatic heterocycles. The van der Waals surface area contributed by atoms with Gasteiger partial charge in [0.2, 0.25) is 0 Å². The standard InChI is InChI=1S/C19H31N3.C19H35N3/c1-5-13-22(14-6-2)16-8-7-15-21(4)17-18-9-11-19(20-3)12-10-18;1-4-12-22(13-5-2)15-7-6-14-21(3)17-19-10-8-18(16-20)9-11-19/h9-12H,5-8,13-17H2,1-2,4H3;8-11H,4-7,12-17,20H2,1-3H3. The highest BCUT2D eigenvalue weighted by molar-refractivity contribution is 5.45. The van der Waals surface area contributed by atoms with Crippen LogP contribution < -0.4 is 5.73 Å². The molecule has 0 aliphatic carbocycles. The second-order valence-electron chi connectivity index (χ2n) is 12.4. The van der Waals surface area contributed by atoms with E-state index in [1.54, 1.807) is 0 Å². The lowest BCUT2D eigenvalue weighted by Gasteiger charge is -2.22. The maximum Gasteiger partial charge on any atom is 0.187 e. The highest BCUT2D eigenvalue weighted by Gasteiger charge is 2.06. The van der Waals surface area contributed by atoms with E-state index in [9.17, 15) is 0 Å². The van der Waals surface area contributed by atoms with E-state index in [0.29, 0.717) is 6.54 Å². The Balaban J connectivity index is 0.000000440. The van der Waals surface area contributed by atoms with E-state index >= 15 is 0 Å². The Labute approximate surface area is 272 Å². The van der Waals surface area contributed by atoms with E-state index in [1.807, 2.05) is 12.1 Å². The summed E-state index contributed by atoms with van der Waals surface area (Å²) in [7, 11) is 4.39. The fourth-order valence-corrected chi connectivity index (χ4v) is 5.61. The van der Waals surface area contributed by atoms with Gasteiger partial charge >= 0.3 is 0 Å². The molecule has 2 rings (SSSR count). The van der Waals surface area contributed by atoms with Crippen molar-refractivity contribution in [3.8, 4) is 0 Å². The van der Waals surface area contributed by atoms with E-state index < -0.39 is 0 Å². The lowest BCUT2D eigenvalue weighted by Crippen LogP contribution is -2.27. The smallest absolute Gasteiger partial charge is 0.187 e. The minimum absolute atomic E-state index is 0.627. The van der Waals surface area contributed by atoms with Gasteiger partial charge < -0.3 is 25.3 Å². The molecule has 0 bridgehead atoms. The summed E-state index contributed by atoms with van der Waals surface area (Å²) in [6, 6.07) is 16.6. The molecule has 0 amide bonds. The fourth-order valence-electron chi connectivity index (χ4n) is 5.61. The summed E-state index contributed by atoms with van der Waals surface area (Å²) < 4.78 is 0. The molecule has 2 aromatic carbocycles. The van der Waals surface area contributed by atoms with Crippen LogP contribution in [-0.2, 0) is 19.6 Å². The predicted molar refractivity (Wildman–Crippen MR) is 192 cm³/mol. The minimum Gasteiger partial charge on any atom is -0.326 e. The Morgan fingerprint density at radius 3 is 1.20 bits per heavy atom. The molecule has 0 aliphatic rings. The van der Waals surface area contributed by atoms with Crippen molar-refractivity contribution in [2.24, 2.45) is 5.73 Å². The normalized spacial score (nSPS) is 11.3. The summed E-state index contributed by atoms with van der Waals surface area (Å²) >= 11 is 0. The van der Waals surface area contributed by atoms with Gasteiger partial charge in [-0.3, -0.25) is 0 Å². The second-order valence-corrected chi connectivity index (χ2v) is 12.4.